The van der Waals surface area contributed by atoms with E-state index in [1.54, 1.807) is 19.1 Å². The molecule has 1 amide bonds. The van der Waals surface area contributed by atoms with E-state index >= 15 is 0 Å². The lowest BCUT2D eigenvalue weighted by Crippen LogP contribution is -2.14. The predicted octanol–water partition coefficient (Wildman–Crippen LogP) is 4.28. The molecule has 0 atom stereocenters. The number of nitrogens with one attached hydrogen (secondary N) is 1. The molecular formula is C14H11Cl2FN2O. The second kappa shape index (κ2) is 5.69. The number of amides is 1. The number of carbonyl (C=O) groups is 1. The first-order valence-electron chi connectivity index (χ1n) is 5.70. The van der Waals surface area contributed by atoms with Crippen molar-refractivity contribution in [1.82, 2.24) is 0 Å². The standard InChI is InChI=1S/C14H11Cl2FN2O/c1-7-4-11(16)13(6-10(7)15)19-14(20)9-3-2-8(17)5-12(9)18/h2-6H,18H2,1H3,(H,19,20). The summed E-state index contributed by atoms with van der Waals surface area (Å²) in [5.41, 5.74) is 7.00. The van der Waals surface area contributed by atoms with E-state index < -0.39 is 11.7 Å². The Balaban J connectivity index is 2.30. The van der Waals surface area contributed by atoms with Crippen molar-refractivity contribution in [2.75, 3.05) is 11.1 Å². The van der Waals surface area contributed by atoms with Gasteiger partial charge in [-0.25, -0.2) is 4.39 Å². The minimum atomic E-state index is -0.504. The number of aryl methyl sites for hydroxylation is 1. The largest absolute Gasteiger partial charge is 0.398 e. The fraction of sp³-hybridized carbons (Fsp3) is 0.0714. The summed E-state index contributed by atoms with van der Waals surface area (Å²) < 4.78 is 12.9. The lowest BCUT2D eigenvalue weighted by Gasteiger charge is -2.10. The molecule has 0 radical (unpaired) electrons. The van der Waals surface area contributed by atoms with Gasteiger partial charge in [0, 0.05) is 10.7 Å². The maximum absolute atomic E-state index is 12.9. The van der Waals surface area contributed by atoms with Crippen LogP contribution in [-0.4, -0.2) is 5.91 Å². The molecule has 104 valence electrons. The summed E-state index contributed by atoms with van der Waals surface area (Å²) in [6.45, 7) is 1.80. The van der Waals surface area contributed by atoms with Gasteiger partial charge in [0.2, 0.25) is 0 Å². The van der Waals surface area contributed by atoms with Crippen LogP contribution in [0.4, 0.5) is 15.8 Å². The number of anilines is 2. The van der Waals surface area contributed by atoms with Crippen molar-refractivity contribution < 1.29 is 9.18 Å². The molecule has 3 nitrogen and oxygen atoms in total. The monoisotopic (exact) mass is 312 g/mol. The van der Waals surface area contributed by atoms with Crippen molar-refractivity contribution in [1.29, 1.82) is 0 Å². The Morgan fingerprint density at radius 2 is 1.90 bits per heavy atom. The molecule has 0 heterocycles. The first-order valence-corrected chi connectivity index (χ1v) is 6.46. The van der Waals surface area contributed by atoms with Gasteiger partial charge < -0.3 is 11.1 Å². The van der Waals surface area contributed by atoms with Crippen molar-refractivity contribution in [3.63, 3.8) is 0 Å². The van der Waals surface area contributed by atoms with Gasteiger partial charge in [0.15, 0.2) is 0 Å². The first-order chi connectivity index (χ1) is 9.38. The molecule has 0 bridgehead atoms. The topological polar surface area (TPSA) is 55.1 Å². The molecule has 0 spiro atoms. The average molecular weight is 313 g/mol. The summed E-state index contributed by atoms with van der Waals surface area (Å²) in [6.07, 6.45) is 0. The molecule has 0 aliphatic carbocycles. The van der Waals surface area contributed by atoms with Gasteiger partial charge in [-0.05, 0) is 42.8 Å². The molecule has 2 aromatic carbocycles. The Labute approximate surface area is 125 Å². The third-order valence-corrected chi connectivity index (χ3v) is 3.47. The Kier molecular flexibility index (Phi) is 4.16. The molecule has 20 heavy (non-hydrogen) atoms. The molecule has 2 rings (SSSR count). The Morgan fingerprint density at radius 1 is 1.20 bits per heavy atom. The second-order valence-electron chi connectivity index (χ2n) is 4.27. The summed E-state index contributed by atoms with van der Waals surface area (Å²) in [4.78, 5) is 12.1. The zero-order valence-electron chi connectivity index (χ0n) is 10.5. The molecule has 0 aliphatic heterocycles. The quantitative estimate of drug-likeness (QED) is 0.813. The van der Waals surface area contributed by atoms with E-state index in [1.807, 2.05) is 0 Å². The van der Waals surface area contributed by atoms with Gasteiger partial charge in [-0.3, -0.25) is 4.79 Å². The van der Waals surface area contributed by atoms with Crippen LogP contribution in [0.25, 0.3) is 0 Å². The van der Waals surface area contributed by atoms with Crippen LogP contribution >= 0.6 is 23.2 Å². The SMILES string of the molecule is Cc1cc(Cl)c(NC(=O)c2ccc(F)cc2N)cc1Cl. The maximum Gasteiger partial charge on any atom is 0.257 e. The van der Waals surface area contributed by atoms with Gasteiger partial charge in [-0.2, -0.15) is 0 Å². The number of nitrogens with two attached hydrogens (primary N) is 1. The van der Waals surface area contributed by atoms with Crippen LogP contribution in [0.1, 0.15) is 15.9 Å². The molecule has 6 heteroatoms. The number of benzene rings is 2. The zero-order valence-corrected chi connectivity index (χ0v) is 12.0. The third-order valence-electron chi connectivity index (χ3n) is 2.75. The predicted molar refractivity (Wildman–Crippen MR) is 80.0 cm³/mol. The summed E-state index contributed by atoms with van der Waals surface area (Å²) in [6, 6.07) is 6.75. The molecule has 0 fully saturated rings. The fourth-order valence-electron chi connectivity index (χ4n) is 1.67. The number of halogens is 3. The number of carbonyl (C=O) groups excluding carboxylic acids is 1. The van der Waals surface area contributed by atoms with Gasteiger partial charge in [0.25, 0.3) is 5.91 Å². The van der Waals surface area contributed by atoms with Crippen LogP contribution in [0.15, 0.2) is 30.3 Å². The molecule has 3 N–H and O–H groups in total. The molecule has 0 aromatic heterocycles. The molecule has 0 aliphatic rings. The van der Waals surface area contributed by atoms with Crippen LogP contribution in [-0.2, 0) is 0 Å². The number of hydrogen-bond donors (Lipinski definition) is 2. The van der Waals surface area contributed by atoms with Crippen LogP contribution in [0, 0.1) is 12.7 Å². The van der Waals surface area contributed by atoms with Gasteiger partial charge in [-0.1, -0.05) is 23.2 Å². The molecular weight excluding hydrogens is 302 g/mol. The summed E-state index contributed by atoms with van der Waals surface area (Å²) in [5, 5.41) is 3.44. The van der Waals surface area contributed by atoms with Crippen LogP contribution in [0.2, 0.25) is 10.0 Å². The van der Waals surface area contributed by atoms with E-state index in [0.717, 1.165) is 17.7 Å². The normalized spacial score (nSPS) is 10.4. The van der Waals surface area contributed by atoms with Crippen LogP contribution in [0.5, 0.6) is 0 Å². The molecule has 0 saturated carbocycles. The van der Waals surface area contributed by atoms with Crippen molar-refractivity contribution >= 4 is 40.5 Å². The first kappa shape index (κ1) is 14.6. The van der Waals surface area contributed by atoms with Gasteiger partial charge >= 0.3 is 0 Å². The Hall–Kier alpha value is -1.78. The minimum absolute atomic E-state index is 0.0526. The highest BCUT2D eigenvalue weighted by atomic mass is 35.5. The van der Waals surface area contributed by atoms with Crippen LogP contribution in [0.3, 0.4) is 0 Å². The number of nitrogen functional groups attached to an aromatic ring is 1. The summed E-state index contributed by atoms with van der Waals surface area (Å²) >= 11 is 12.0. The lowest BCUT2D eigenvalue weighted by atomic mass is 10.1. The van der Waals surface area contributed by atoms with Crippen LogP contribution < -0.4 is 11.1 Å². The Bertz CT molecular complexity index is 689. The average Bonchev–Trinajstić information content (AvgIpc) is 2.35. The molecule has 0 unspecified atom stereocenters. The van der Waals surface area contributed by atoms with Crippen molar-refractivity contribution in [2.45, 2.75) is 6.92 Å². The van der Waals surface area contributed by atoms with E-state index in [-0.39, 0.29) is 11.3 Å². The number of rotatable bonds is 2. The van der Waals surface area contributed by atoms with E-state index in [0.29, 0.717) is 15.7 Å². The lowest BCUT2D eigenvalue weighted by molar-refractivity contribution is 0.102. The highest BCUT2D eigenvalue weighted by Gasteiger charge is 2.13. The summed E-state index contributed by atoms with van der Waals surface area (Å²) in [7, 11) is 0. The van der Waals surface area contributed by atoms with Gasteiger partial charge in [0.1, 0.15) is 5.82 Å². The Morgan fingerprint density at radius 3 is 2.55 bits per heavy atom. The highest BCUT2D eigenvalue weighted by Crippen LogP contribution is 2.29. The van der Waals surface area contributed by atoms with E-state index in [2.05, 4.69) is 5.32 Å². The van der Waals surface area contributed by atoms with E-state index in [4.69, 9.17) is 28.9 Å². The summed E-state index contributed by atoms with van der Waals surface area (Å²) in [5.74, 6) is -0.986. The van der Waals surface area contributed by atoms with Crippen molar-refractivity contribution in [3.05, 3.63) is 57.3 Å². The van der Waals surface area contributed by atoms with Crippen molar-refractivity contribution in [2.24, 2.45) is 0 Å². The fourth-order valence-corrected chi connectivity index (χ4v) is 2.10. The van der Waals surface area contributed by atoms with Gasteiger partial charge in [-0.15, -0.1) is 0 Å². The smallest absolute Gasteiger partial charge is 0.257 e. The van der Waals surface area contributed by atoms with E-state index in [1.165, 1.54) is 6.07 Å². The highest BCUT2D eigenvalue weighted by molar-refractivity contribution is 6.36. The molecule has 2 aromatic rings. The minimum Gasteiger partial charge on any atom is -0.398 e. The molecule has 0 saturated heterocycles. The maximum atomic E-state index is 12.9. The zero-order chi connectivity index (χ0) is 14.9. The third kappa shape index (κ3) is 3.03. The van der Waals surface area contributed by atoms with Crippen molar-refractivity contribution in [3.8, 4) is 0 Å². The van der Waals surface area contributed by atoms with Gasteiger partial charge in [0.05, 0.1) is 16.3 Å². The second-order valence-corrected chi connectivity index (χ2v) is 5.08. The van der Waals surface area contributed by atoms with E-state index in [9.17, 15) is 9.18 Å². The number of hydrogen-bond acceptors (Lipinski definition) is 2.